The molecule has 0 aliphatic rings. The van der Waals surface area contributed by atoms with E-state index in [0.29, 0.717) is 0 Å². The van der Waals surface area contributed by atoms with Gasteiger partial charge in [0.15, 0.2) is 0 Å². The highest BCUT2D eigenvalue weighted by Gasteiger charge is 2.11. The third-order valence-electron chi connectivity index (χ3n) is 3.03. The average Bonchev–Trinajstić information content (AvgIpc) is 2.84. The van der Waals surface area contributed by atoms with Gasteiger partial charge in [-0.1, -0.05) is 6.07 Å². The number of nitrogens with zero attached hydrogens (tertiary/aromatic N) is 2. The minimum atomic E-state index is 0.0881. The monoisotopic (exact) mass is 273 g/mol. The molecule has 4 heteroatoms. The number of ether oxygens (including phenoxy) is 1. The Balaban J connectivity index is 2.22. The normalized spacial score (nSPS) is 11.7. The van der Waals surface area contributed by atoms with Crippen LogP contribution in [0.5, 0.6) is 5.75 Å². The second-order valence-electron chi connectivity index (χ2n) is 6.03. The van der Waals surface area contributed by atoms with Crippen LogP contribution in [0.25, 0.3) is 5.69 Å². The third-order valence-corrected chi connectivity index (χ3v) is 3.03. The van der Waals surface area contributed by atoms with Gasteiger partial charge in [-0.2, -0.15) is 5.10 Å². The molecule has 0 bridgehead atoms. The molecule has 0 unspecified atom stereocenters. The number of hydrogen-bond donors (Lipinski definition) is 1. The maximum Gasteiger partial charge on any atom is 0.144 e. The van der Waals surface area contributed by atoms with E-state index in [1.165, 1.54) is 5.56 Å². The van der Waals surface area contributed by atoms with Crippen molar-refractivity contribution in [2.24, 2.45) is 0 Å². The molecule has 108 valence electrons. The molecule has 4 nitrogen and oxygen atoms in total. The van der Waals surface area contributed by atoms with Gasteiger partial charge in [-0.15, -0.1) is 0 Å². The van der Waals surface area contributed by atoms with Gasteiger partial charge in [-0.05, 0) is 51.5 Å². The summed E-state index contributed by atoms with van der Waals surface area (Å²) in [6.45, 7) is 9.26. The van der Waals surface area contributed by atoms with Crippen LogP contribution in [-0.2, 0) is 6.54 Å². The lowest BCUT2D eigenvalue weighted by Crippen LogP contribution is -2.35. The number of rotatable bonds is 4. The van der Waals surface area contributed by atoms with Gasteiger partial charge in [-0.25, -0.2) is 4.68 Å². The molecule has 1 aromatic carbocycles. The van der Waals surface area contributed by atoms with Crippen molar-refractivity contribution < 1.29 is 4.74 Å². The Hall–Kier alpha value is -1.81. The minimum absolute atomic E-state index is 0.0881. The van der Waals surface area contributed by atoms with Crippen LogP contribution in [0.1, 0.15) is 32.0 Å². The summed E-state index contributed by atoms with van der Waals surface area (Å²) in [6, 6.07) is 8.11. The zero-order chi connectivity index (χ0) is 14.8. The SMILES string of the molecule is COc1ccc(C)cc1-n1ccc(CNC(C)(C)C)n1. The Morgan fingerprint density at radius 1 is 1.25 bits per heavy atom. The van der Waals surface area contributed by atoms with Crippen LogP contribution in [0.3, 0.4) is 0 Å². The van der Waals surface area contributed by atoms with Crippen LogP contribution >= 0.6 is 0 Å². The van der Waals surface area contributed by atoms with Gasteiger partial charge in [0.05, 0.1) is 12.8 Å². The fourth-order valence-electron chi connectivity index (χ4n) is 1.92. The number of hydrogen-bond acceptors (Lipinski definition) is 3. The van der Waals surface area contributed by atoms with E-state index in [0.717, 1.165) is 23.7 Å². The Labute approximate surface area is 120 Å². The van der Waals surface area contributed by atoms with E-state index in [4.69, 9.17) is 4.74 Å². The van der Waals surface area contributed by atoms with Crippen LogP contribution in [0, 0.1) is 6.92 Å². The summed E-state index contributed by atoms with van der Waals surface area (Å²) in [4.78, 5) is 0. The molecule has 0 saturated carbocycles. The summed E-state index contributed by atoms with van der Waals surface area (Å²) in [5.41, 5.74) is 3.26. The van der Waals surface area contributed by atoms with Gasteiger partial charge in [0.25, 0.3) is 0 Å². The highest BCUT2D eigenvalue weighted by Crippen LogP contribution is 2.23. The zero-order valence-electron chi connectivity index (χ0n) is 12.9. The van der Waals surface area contributed by atoms with Crippen LogP contribution < -0.4 is 10.1 Å². The molecule has 0 fully saturated rings. The molecule has 0 saturated heterocycles. The van der Waals surface area contributed by atoms with Gasteiger partial charge >= 0.3 is 0 Å². The first-order chi connectivity index (χ1) is 9.39. The molecule has 1 heterocycles. The van der Waals surface area contributed by atoms with E-state index < -0.39 is 0 Å². The number of methoxy groups -OCH3 is 1. The highest BCUT2D eigenvalue weighted by molar-refractivity contribution is 5.48. The lowest BCUT2D eigenvalue weighted by Gasteiger charge is -2.19. The van der Waals surface area contributed by atoms with Crippen LogP contribution in [-0.4, -0.2) is 22.4 Å². The Bertz CT molecular complexity index is 582. The largest absolute Gasteiger partial charge is 0.494 e. The zero-order valence-corrected chi connectivity index (χ0v) is 12.9. The van der Waals surface area contributed by atoms with Gasteiger partial charge < -0.3 is 10.1 Å². The van der Waals surface area contributed by atoms with E-state index in [9.17, 15) is 0 Å². The Morgan fingerprint density at radius 3 is 2.65 bits per heavy atom. The van der Waals surface area contributed by atoms with Crippen molar-refractivity contribution in [3.8, 4) is 11.4 Å². The summed E-state index contributed by atoms with van der Waals surface area (Å²) in [5.74, 6) is 0.828. The first kappa shape index (κ1) is 14.6. The van der Waals surface area contributed by atoms with Crippen molar-refractivity contribution >= 4 is 0 Å². The van der Waals surface area contributed by atoms with E-state index in [1.54, 1.807) is 7.11 Å². The van der Waals surface area contributed by atoms with E-state index >= 15 is 0 Å². The fraction of sp³-hybridized carbons (Fsp3) is 0.438. The molecule has 0 aliphatic carbocycles. The van der Waals surface area contributed by atoms with E-state index in [-0.39, 0.29) is 5.54 Å². The lowest BCUT2D eigenvalue weighted by atomic mass is 10.1. The summed E-state index contributed by atoms with van der Waals surface area (Å²) in [5, 5.41) is 8.04. The number of benzene rings is 1. The number of aryl methyl sites for hydroxylation is 1. The summed E-state index contributed by atoms with van der Waals surface area (Å²) >= 11 is 0. The van der Waals surface area contributed by atoms with Crippen LogP contribution in [0.2, 0.25) is 0 Å². The van der Waals surface area contributed by atoms with E-state index in [1.807, 2.05) is 29.1 Å². The molecular formula is C16H23N3O. The first-order valence-corrected chi connectivity index (χ1v) is 6.83. The summed E-state index contributed by atoms with van der Waals surface area (Å²) in [6.07, 6.45) is 1.97. The fourth-order valence-corrected chi connectivity index (χ4v) is 1.92. The molecule has 20 heavy (non-hydrogen) atoms. The molecule has 0 radical (unpaired) electrons. The van der Waals surface area contributed by atoms with Gasteiger partial charge in [-0.3, -0.25) is 0 Å². The molecule has 2 rings (SSSR count). The highest BCUT2D eigenvalue weighted by atomic mass is 16.5. The first-order valence-electron chi connectivity index (χ1n) is 6.83. The average molecular weight is 273 g/mol. The predicted molar refractivity (Wildman–Crippen MR) is 81.4 cm³/mol. The molecule has 1 aromatic heterocycles. The van der Waals surface area contributed by atoms with Crippen molar-refractivity contribution in [1.29, 1.82) is 0 Å². The standard InChI is InChI=1S/C16H23N3O/c1-12-6-7-15(20-5)14(10-12)19-9-8-13(18-19)11-17-16(2,3)4/h6-10,17H,11H2,1-5H3. The second kappa shape index (κ2) is 5.67. The van der Waals surface area contributed by atoms with Gasteiger partial charge in [0.2, 0.25) is 0 Å². The van der Waals surface area contributed by atoms with Gasteiger partial charge in [0.1, 0.15) is 11.4 Å². The van der Waals surface area contributed by atoms with E-state index in [2.05, 4.69) is 44.2 Å². The number of aromatic nitrogens is 2. The molecule has 2 aromatic rings. The van der Waals surface area contributed by atoms with Crippen LogP contribution in [0.15, 0.2) is 30.5 Å². The molecule has 0 aliphatic heterocycles. The summed E-state index contributed by atoms with van der Waals surface area (Å²) in [7, 11) is 1.68. The lowest BCUT2D eigenvalue weighted by molar-refractivity contribution is 0.410. The molecule has 1 N–H and O–H groups in total. The minimum Gasteiger partial charge on any atom is -0.494 e. The molecule has 0 amide bonds. The third kappa shape index (κ3) is 3.61. The maximum absolute atomic E-state index is 5.40. The van der Waals surface area contributed by atoms with Crippen molar-refractivity contribution in [2.75, 3.05) is 7.11 Å². The quantitative estimate of drug-likeness (QED) is 0.930. The molecule has 0 atom stereocenters. The maximum atomic E-state index is 5.40. The van der Waals surface area contributed by atoms with Crippen molar-refractivity contribution in [2.45, 2.75) is 39.8 Å². The topological polar surface area (TPSA) is 39.1 Å². The Morgan fingerprint density at radius 2 is 2.00 bits per heavy atom. The Kier molecular flexibility index (Phi) is 4.14. The smallest absolute Gasteiger partial charge is 0.144 e. The van der Waals surface area contributed by atoms with Crippen molar-refractivity contribution in [1.82, 2.24) is 15.1 Å². The molecular weight excluding hydrogens is 250 g/mol. The van der Waals surface area contributed by atoms with Crippen molar-refractivity contribution in [3.63, 3.8) is 0 Å². The van der Waals surface area contributed by atoms with Crippen molar-refractivity contribution in [3.05, 3.63) is 41.7 Å². The predicted octanol–water partition coefficient (Wildman–Crippen LogP) is 3.08. The number of nitrogens with one attached hydrogen (secondary N) is 1. The van der Waals surface area contributed by atoms with Crippen LogP contribution in [0.4, 0.5) is 0 Å². The second-order valence-corrected chi connectivity index (χ2v) is 6.03. The summed E-state index contributed by atoms with van der Waals surface area (Å²) < 4.78 is 7.27. The van der Waals surface area contributed by atoms with Gasteiger partial charge in [0, 0.05) is 18.3 Å². The molecule has 0 spiro atoms.